The van der Waals surface area contributed by atoms with Crippen molar-refractivity contribution in [2.75, 3.05) is 6.54 Å². The Hall–Kier alpha value is -3.15. The zero-order valence-electron chi connectivity index (χ0n) is 20.0. The first-order valence-electron chi connectivity index (χ1n) is 12.8. The van der Waals surface area contributed by atoms with Crippen LogP contribution in [0.25, 0.3) is 11.1 Å². The summed E-state index contributed by atoms with van der Waals surface area (Å²) in [4.78, 5) is 37.3. The molecular weight excluding hydrogens is 440 g/mol. The molecule has 0 aromatic heterocycles. The van der Waals surface area contributed by atoms with Crippen LogP contribution < -0.4 is 10.6 Å². The van der Waals surface area contributed by atoms with Gasteiger partial charge in [-0.1, -0.05) is 42.5 Å². The lowest BCUT2D eigenvalue weighted by molar-refractivity contribution is -0.137. The van der Waals surface area contributed by atoms with Gasteiger partial charge in [0.15, 0.2) is 0 Å². The van der Waals surface area contributed by atoms with Crippen molar-refractivity contribution >= 4 is 17.8 Å². The molecule has 35 heavy (non-hydrogen) atoms. The van der Waals surface area contributed by atoms with Crippen LogP contribution in [0.5, 0.6) is 0 Å². The molecule has 4 aliphatic rings. The Bertz CT molecular complexity index is 1040. The van der Waals surface area contributed by atoms with Crippen LogP contribution in [0.4, 0.5) is 0 Å². The topological polar surface area (TPSA) is 95.5 Å². The Morgan fingerprint density at radius 2 is 1.43 bits per heavy atom. The summed E-state index contributed by atoms with van der Waals surface area (Å²) in [5.74, 6) is 0.741. The molecule has 0 heterocycles. The molecule has 0 aliphatic heterocycles. The molecule has 184 valence electrons. The number of carboxylic acids is 1. The van der Waals surface area contributed by atoms with Gasteiger partial charge in [0.2, 0.25) is 5.91 Å². The highest BCUT2D eigenvalue weighted by atomic mass is 16.4. The molecule has 4 fully saturated rings. The number of carboxylic acid groups (broad SMARTS) is 1. The zero-order valence-corrected chi connectivity index (χ0v) is 20.0. The molecule has 6 heteroatoms. The average Bonchev–Trinajstić information content (AvgIpc) is 2.85. The Kier molecular flexibility index (Phi) is 6.63. The van der Waals surface area contributed by atoms with Crippen molar-refractivity contribution in [3.63, 3.8) is 0 Å². The number of nitrogens with one attached hydrogen (secondary N) is 2. The van der Waals surface area contributed by atoms with Crippen LogP contribution in [0.3, 0.4) is 0 Å². The van der Waals surface area contributed by atoms with Gasteiger partial charge in [0.1, 0.15) is 6.04 Å². The van der Waals surface area contributed by atoms with Crippen molar-refractivity contribution in [2.45, 2.75) is 57.4 Å². The monoisotopic (exact) mass is 474 g/mol. The van der Waals surface area contributed by atoms with Gasteiger partial charge in [-0.3, -0.25) is 14.4 Å². The van der Waals surface area contributed by atoms with Gasteiger partial charge in [0, 0.05) is 18.5 Å². The standard InChI is InChI=1S/C29H34N2O4/c32-26(33)11-10-25(28(35)30-18-29-15-19-12-20(16-29)14-21(13-19)17-29)31-27(34)24-8-6-23(7-9-24)22-4-2-1-3-5-22/h1-9,19-21,25H,10-18H2,(H,30,35)(H,31,34)(H,32,33)/t19?,20?,21?,25-,29?/m0/s1. The summed E-state index contributed by atoms with van der Waals surface area (Å²) in [6, 6.07) is 16.2. The third-order valence-electron chi connectivity index (χ3n) is 8.33. The maximum Gasteiger partial charge on any atom is 0.303 e. The molecule has 0 radical (unpaired) electrons. The van der Waals surface area contributed by atoms with E-state index in [9.17, 15) is 19.5 Å². The molecule has 2 amide bonds. The molecule has 4 aliphatic carbocycles. The Morgan fingerprint density at radius 1 is 0.857 bits per heavy atom. The number of carbonyl (C=O) groups is 3. The number of rotatable bonds is 9. The van der Waals surface area contributed by atoms with Crippen molar-refractivity contribution < 1.29 is 19.5 Å². The third kappa shape index (κ3) is 5.42. The SMILES string of the molecule is O=C(O)CC[C@H](NC(=O)c1ccc(-c2ccccc2)cc1)C(=O)NCC12CC3CC(CC(C3)C1)C2. The Balaban J connectivity index is 1.22. The Labute approximate surface area is 206 Å². The van der Waals surface area contributed by atoms with E-state index in [-0.39, 0.29) is 30.1 Å². The molecule has 0 unspecified atom stereocenters. The molecule has 4 bridgehead atoms. The number of carbonyl (C=O) groups excluding carboxylic acids is 2. The number of benzene rings is 2. The molecule has 3 N–H and O–H groups in total. The van der Waals surface area contributed by atoms with Crippen LogP contribution in [0.15, 0.2) is 54.6 Å². The maximum absolute atomic E-state index is 13.1. The summed E-state index contributed by atoms with van der Waals surface area (Å²) in [6.45, 7) is 0.626. The van der Waals surface area contributed by atoms with E-state index in [1.165, 1.54) is 38.5 Å². The second kappa shape index (κ2) is 9.84. The molecule has 2 aromatic carbocycles. The fraction of sp³-hybridized carbons (Fsp3) is 0.483. The average molecular weight is 475 g/mol. The predicted molar refractivity (Wildman–Crippen MR) is 134 cm³/mol. The molecule has 4 saturated carbocycles. The second-order valence-corrected chi connectivity index (χ2v) is 11.0. The van der Waals surface area contributed by atoms with Gasteiger partial charge in [0.05, 0.1) is 0 Å². The summed E-state index contributed by atoms with van der Waals surface area (Å²) in [5, 5.41) is 15.1. The summed E-state index contributed by atoms with van der Waals surface area (Å²) >= 11 is 0. The first-order valence-corrected chi connectivity index (χ1v) is 12.8. The normalized spacial score (nSPS) is 27.3. The molecule has 2 aromatic rings. The quantitative estimate of drug-likeness (QED) is 0.493. The molecule has 6 nitrogen and oxygen atoms in total. The maximum atomic E-state index is 13.1. The summed E-state index contributed by atoms with van der Waals surface area (Å²) in [7, 11) is 0. The fourth-order valence-electron chi connectivity index (χ4n) is 7.13. The highest BCUT2D eigenvalue weighted by Gasteiger charge is 2.50. The first-order chi connectivity index (χ1) is 16.9. The van der Waals surface area contributed by atoms with Crippen molar-refractivity contribution in [1.82, 2.24) is 10.6 Å². The van der Waals surface area contributed by atoms with E-state index in [2.05, 4.69) is 10.6 Å². The van der Waals surface area contributed by atoms with Crippen LogP contribution in [-0.2, 0) is 9.59 Å². The van der Waals surface area contributed by atoms with E-state index in [1.54, 1.807) is 12.1 Å². The molecule has 1 atom stereocenters. The molecule has 0 saturated heterocycles. The van der Waals surface area contributed by atoms with Crippen molar-refractivity contribution in [1.29, 1.82) is 0 Å². The number of hydrogen-bond donors (Lipinski definition) is 3. The van der Waals surface area contributed by atoms with Gasteiger partial charge in [0.25, 0.3) is 5.91 Å². The lowest BCUT2D eigenvalue weighted by Gasteiger charge is -2.57. The van der Waals surface area contributed by atoms with Gasteiger partial charge in [-0.2, -0.15) is 0 Å². The van der Waals surface area contributed by atoms with Crippen LogP contribution in [-0.4, -0.2) is 35.5 Å². The molecule has 0 spiro atoms. The van der Waals surface area contributed by atoms with E-state index in [4.69, 9.17) is 0 Å². The Morgan fingerprint density at radius 3 is 2.00 bits per heavy atom. The van der Waals surface area contributed by atoms with E-state index in [1.807, 2.05) is 42.5 Å². The highest BCUT2D eigenvalue weighted by molar-refractivity contribution is 5.98. The smallest absolute Gasteiger partial charge is 0.303 e. The third-order valence-corrected chi connectivity index (χ3v) is 8.33. The minimum atomic E-state index is -0.981. The molecular formula is C29H34N2O4. The summed E-state index contributed by atoms with van der Waals surface area (Å²) < 4.78 is 0. The van der Waals surface area contributed by atoms with Gasteiger partial charge in [-0.05, 0) is 91.4 Å². The van der Waals surface area contributed by atoms with E-state index in [0.717, 1.165) is 28.9 Å². The van der Waals surface area contributed by atoms with Crippen LogP contribution >= 0.6 is 0 Å². The predicted octanol–water partition coefficient (Wildman–Crippen LogP) is 4.65. The first kappa shape index (κ1) is 23.6. The van der Waals surface area contributed by atoms with Crippen molar-refractivity contribution in [3.8, 4) is 11.1 Å². The second-order valence-electron chi connectivity index (χ2n) is 11.0. The van der Waals surface area contributed by atoms with E-state index >= 15 is 0 Å². The molecule has 6 rings (SSSR count). The van der Waals surface area contributed by atoms with Crippen LogP contribution in [0, 0.1) is 23.2 Å². The number of amides is 2. The van der Waals surface area contributed by atoms with Gasteiger partial charge >= 0.3 is 5.97 Å². The highest BCUT2D eigenvalue weighted by Crippen LogP contribution is 2.59. The number of aliphatic carboxylic acids is 1. The lowest BCUT2D eigenvalue weighted by atomic mass is 9.49. The number of hydrogen-bond acceptors (Lipinski definition) is 3. The van der Waals surface area contributed by atoms with Crippen molar-refractivity contribution in [2.24, 2.45) is 23.2 Å². The minimum Gasteiger partial charge on any atom is -0.481 e. The van der Waals surface area contributed by atoms with Crippen LogP contribution in [0.2, 0.25) is 0 Å². The van der Waals surface area contributed by atoms with Gasteiger partial charge in [-0.25, -0.2) is 0 Å². The fourth-order valence-corrected chi connectivity index (χ4v) is 7.13. The van der Waals surface area contributed by atoms with Gasteiger partial charge in [-0.15, -0.1) is 0 Å². The lowest BCUT2D eigenvalue weighted by Crippen LogP contribution is -2.54. The largest absolute Gasteiger partial charge is 0.481 e. The summed E-state index contributed by atoms with van der Waals surface area (Å²) in [6.07, 6.45) is 7.45. The minimum absolute atomic E-state index is 0.0654. The van der Waals surface area contributed by atoms with Crippen molar-refractivity contribution in [3.05, 3.63) is 60.2 Å². The van der Waals surface area contributed by atoms with E-state index in [0.29, 0.717) is 12.1 Å². The van der Waals surface area contributed by atoms with Crippen LogP contribution in [0.1, 0.15) is 61.7 Å². The van der Waals surface area contributed by atoms with E-state index < -0.39 is 12.0 Å². The van der Waals surface area contributed by atoms with Gasteiger partial charge < -0.3 is 15.7 Å². The zero-order chi connectivity index (χ0) is 24.4. The summed E-state index contributed by atoms with van der Waals surface area (Å²) in [5.41, 5.74) is 2.68.